The summed E-state index contributed by atoms with van der Waals surface area (Å²) in [6.45, 7) is 1.62. The van der Waals surface area contributed by atoms with Crippen LogP contribution in [0, 0.1) is 0 Å². The quantitative estimate of drug-likeness (QED) is 0.832. The Morgan fingerprint density at radius 3 is 2.89 bits per heavy atom. The molecule has 1 heterocycles. The van der Waals surface area contributed by atoms with Crippen LogP contribution in [0.25, 0.3) is 0 Å². The van der Waals surface area contributed by atoms with Crippen LogP contribution in [0.1, 0.15) is 32.1 Å². The Kier molecular flexibility index (Phi) is 5.44. The maximum Gasteiger partial charge on any atom is 0.166 e. The average Bonchev–Trinajstić information content (AvgIpc) is 2.76. The Balaban J connectivity index is 1.62. The van der Waals surface area contributed by atoms with Crippen molar-refractivity contribution in [1.82, 2.24) is 20.4 Å². The standard InChI is InChI=1S/C12H19BrN4S/c13-10-8-15-17(9-10)7-6-14-12(18)16-11-4-2-1-3-5-11/h8-9,11H,1-7H2,(H2,14,16,18). The van der Waals surface area contributed by atoms with Gasteiger partial charge in [-0.25, -0.2) is 0 Å². The molecule has 0 saturated heterocycles. The van der Waals surface area contributed by atoms with E-state index < -0.39 is 0 Å². The van der Waals surface area contributed by atoms with Crippen LogP contribution in [0.5, 0.6) is 0 Å². The molecular weight excluding hydrogens is 312 g/mol. The van der Waals surface area contributed by atoms with Crippen molar-refractivity contribution in [3.63, 3.8) is 0 Å². The van der Waals surface area contributed by atoms with Crippen molar-refractivity contribution in [3.05, 3.63) is 16.9 Å². The summed E-state index contributed by atoms with van der Waals surface area (Å²) in [5, 5.41) is 11.6. The summed E-state index contributed by atoms with van der Waals surface area (Å²) in [5.74, 6) is 0. The Hall–Kier alpha value is -0.620. The Labute approximate surface area is 122 Å². The van der Waals surface area contributed by atoms with Crippen LogP contribution in [0.15, 0.2) is 16.9 Å². The summed E-state index contributed by atoms with van der Waals surface area (Å²) in [5.41, 5.74) is 0. The molecule has 2 N–H and O–H groups in total. The number of thiocarbonyl (C=S) groups is 1. The minimum absolute atomic E-state index is 0.567. The van der Waals surface area contributed by atoms with E-state index in [2.05, 4.69) is 31.7 Å². The number of nitrogens with one attached hydrogen (secondary N) is 2. The van der Waals surface area contributed by atoms with Crippen molar-refractivity contribution in [2.75, 3.05) is 6.54 Å². The molecule has 1 aromatic rings. The zero-order valence-corrected chi connectivity index (χ0v) is 12.8. The third-order valence-corrected chi connectivity index (χ3v) is 3.84. The summed E-state index contributed by atoms with van der Waals surface area (Å²) in [7, 11) is 0. The van der Waals surface area contributed by atoms with E-state index in [0.29, 0.717) is 6.04 Å². The highest BCUT2D eigenvalue weighted by Gasteiger charge is 2.13. The molecule has 0 atom stereocenters. The van der Waals surface area contributed by atoms with E-state index in [4.69, 9.17) is 12.2 Å². The smallest absolute Gasteiger partial charge is 0.166 e. The second-order valence-corrected chi connectivity index (χ2v) is 5.98. The Morgan fingerprint density at radius 1 is 1.44 bits per heavy atom. The molecule has 0 aromatic carbocycles. The molecule has 18 heavy (non-hydrogen) atoms. The highest BCUT2D eigenvalue weighted by atomic mass is 79.9. The van der Waals surface area contributed by atoms with Crippen LogP contribution in [0.2, 0.25) is 0 Å². The summed E-state index contributed by atoms with van der Waals surface area (Å²) >= 11 is 8.67. The lowest BCUT2D eigenvalue weighted by Gasteiger charge is -2.24. The topological polar surface area (TPSA) is 41.9 Å². The van der Waals surface area contributed by atoms with Gasteiger partial charge >= 0.3 is 0 Å². The van der Waals surface area contributed by atoms with Crippen molar-refractivity contribution in [2.45, 2.75) is 44.7 Å². The van der Waals surface area contributed by atoms with Crippen LogP contribution in [0.4, 0.5) is 0 Å². The minimum atomic E-state index is 0.567. The largest absolute Gasteiger partial charge is 0.361 e. The van der Waals surface area contributed by atoms with Crippen molar-refractivity contribution in [2.24, 2.45) is 0 Å². The van der Waals surface area contributed by atoms with E-state index in [1.54, 1.807) is 6.20 Å². The Bertz CT molecular complexity index is 387. The summed E-state index contributed by atoms with van der Waals surface area (Å²) in [6.07, 6.45) is 10.2. The molecule has 0 radical (unpaired) electrons. The number of nitrogens with zero attached hydrogens (tertiary/aromatic N) is 2. The van der Waals surface area contributed by atoms with Crippen molar-refractivity contribution in [3.8, 4) is 0 Å². The van der Waals surface area contributed by atoms with Gasteiger partial charge < -0.3 is 10.6 Å². The highest BCUT2D eigenvalue weighted by molar-refractivity contribution is 9.10. The van der Waals surface area contributed by atoms with Gasteiger partial charge in [-0.1, -0.05) is 19.3 Å². The summed E-state index contributed by atoms with van der Waals surface area (Å²) in [4.78, 5) is 0. The molecule has 2 rings (SSSR count). The first kappa shape index (κ1) is 13.8. The molecule has 1 aliphatic carbocycles. The number of hydrogen-bond acceptors (Lipinski definition) is 2. The molecule has 4 nitrogen and oxygen atoms in total. The van der Waals surface area contributed by atoms with E-state index in [0.717, 1.165) is 22.7 Å². The van der Waals surface area contributed by atoms with Gasteiger partial charge in [0.25, 0.3) is 0 Å². The van der Waals surface area contributed by atoms with E-state index >= 15 is 0 Å². The zero-order valence-electron chi connectivity index (χ0n) is 10.4. The third kappa shape index (κ3) is 4.57. The summed E-state index contributed by atoms with van der Waals surface area (Å²) < 4.78 is 2.89. The van der Waals surface area contributed by atoms with Crippen LogP contribution in [-0.2, 0) is 6.54 Å². The molecule has 100 valence electrons. The van der Waals surface area contributed by atoms with Crippen LogP contribution in [-0.4, -0.2) is 27.5 Å². The van der Waals surface area contributed by atoms with Gasteiger partial charge in [-0.15, -0.1) is 0 Å². The lowest BCUT2D eigenvalue weighted by molar-refractivity contribution is 0.411. The van der Waals surface area contributed by atoms with Gasteiger partial charge in [0.05, 0.1) is 17.2 Å². The van der Waals surface area contributed by atoms with Crippen LogP contribution in [0.3, 0.4) is 0 Å². The lowest BCUT2D eigenvalue weighted by atomic mass is 9.96. The second-order valence-electron chi connectivity index (χ2n) is 4.66. The lowest BCUT2D eigenvalue weighted by Crippen LogP contribution is -2.43. The maximum atomic E-state index is 5.29. The molecule has 1 aromatic heterocycles. The fourth-order valence-electron chi connectivity index (χ4n) is 2.23. The molecule has 0 bridgehead atoms. The van der Waals surface area contributed by atoms with Gasteiger partial charge in [-0.05, 0) is 41.0 Å². The van der Waals surface area contributed by atoms with Crippen LogP contribution < -0.4 is 10.6 Å². The first-order chi connectivity index (χ1) is 8.74. The second kappa shape index (κ2) is 7.09. The van der Waals surface area contributed by atoms with Gasteiger partial charge in [-0.2, -0.15) is 5.10 Å². The molecule has 0 spiro atoms. The molecule has 0 unspecified atom stereocenters. The molecule has 6 heteroatoms. The Morgan fingerprint density at radius 2 is 2.22 bits per heavy atom. The fraction of sp³-hybridized carbons (Fsp3) is 0.667. The number of aromatic nitrogens is 2. The normalized spacial score (nSPS) is 16.5. The minimum Gasteiger partial charge on any atom is -0.361 e. The van der Waals surface area contributed by atoms with Gasteiger partial charge in [0.1, 0.15) is 0 Å². The SMILES string of the molecule is S=C(NCCn1cc(Br)cn1)NC1CCCCC1. The van der Waals surface area contributed by atoms with Crippen LogP contribution >= 0.6 is 28.1 Å². The first-order valence-corrected chi connectivity index (χ1v) is 7.66. The zero-order chi connectivity index (χ0) is 12.8. The van der Waals surface area contributed by atoms with E-state index in [9.17, 15) is 0 Å². The van der Waals surface area contributed by atoms with E-state index in [-0.39, 0.29) is 0 Å². The fourth-order valence-corrected chi connectivity index (χ4v) is 2.82. The molecule has 0 amide bonds. The maximum absolute atomic E-state index is 5.29. The first-order valence-electron chi connectivity index (χ1n) is 6.46. The van der Waals surface area contributed by atoms with Crippen molar-refractivity contribution < 1.29 is 0 Å². The number of halogens is 1. The summed E-state index contributed by atoms with van der Waals surface area (Å²) in [6, 6.07) is 0.567. The van der Waals surface area contributed by atoms with Crippen molar-refractivity contribution in [1.29, 1.82) is 0 Å². The van der Waals surface area contributed by atoms with Gasteiger partial charge in [0, 0.05) is 18.8 Å². The predicted octanol–water partition coefficient (Wildman–Crippen LogP) is 2.44. The molecule has 1 saturated carbocycles. The molecule has 1 aliphatic rings. The number of hydrogen-bond donors (Lipinski definition) is 2. The van der Waals surface area contributed by atoms with Gasteiger partial charge in [0.15, 0.2) is 5.11 Å². The highest BCUT2D eigenvalue weighted by Crippen LogP contribution is 2.17. The molecule has 0 aliphatic heterocycles. The van der Waals surface area contributed by atoms with Crippen molar-refractivity contribution >= 4 is 33.3 Å². The monoisotopic (exact) mass is 330 g/mol. The van der Waals surface area contributed by atoms with Gasteiger partial charge in [-0.3, -0.25) is 4.68 Å². The predicted molar refractivity (Wildman–Crippen MR) is 80.5 cm³/mol. The molecular formula is C12H19BrN4S. The van der Waals surface area contributed by atoms with E-state index in [1.165, 1.54) is 32.1 Å². The van der Waals surface area contributed by atoms with Gasteiger partial charge in [0.2, 0.25) is 0 Å². The third-order valence-electron chi connectivity index (χ3n) is 3.17. The molecule has 1 fully saturated rings. The number of rotatable bonds is 4. The average molecular weight is 331 g/mol. The van der Waals surface area contributed by atoms with E-state index in [1.807, 2.05) is 10.9 Å².